The molecule has 1 aliphatic rings. The van der Waals surface area contributed by atoms with Gasteiger partial charge < -0.3 is 15.7 Å². The lowest BCUT2D eigenvalue weighted by Gasteiger charge is -2.23. The number of carboxylic acid groups (broad SMARTS) is 1. The average molecular weight is 389 g/mol. The van der Waals surface area contributed by atoms with Crippen molar-refractivity contribution < 1.29 is 9.90 Å². The maximum absolute atomic E-state index is 10.8. The van der Waals surface area contributed by atoms with E-state index in [1.54, 1.807) is 18.6 Å². The number of aliphatic carboxylic acids is 1. The molecular weight excluding hydrogens is 366 g/mol. The molecule has 0 saturated heterocycles. The van der Waals surface area contributed by atoms with Crippen molar-refractivity contribution in [2.75, 3.05) is 4.90 Å². The Morgan fingerprint density at radius 3 is 2.66 bits per heavy atom. The second-order valence-corrected chi connectivity index (χ2v) is 6.86. The van der Waals surface area contributed by atoms with Crippen molar-refractivity contribution >= 4 is 23.2 Å². The molecule has 0 atom stereocenters. The van der Waals surface area contributed by atoms with Crippen LogP contribution in [0.15, 0.2) is 59.9 Å². The number of guanidine groups is 1. The Bertz CT molecular complexity index is 941. The Hall–Kier alpha value is -3.66. The lowest BCUT2D eigenvalue weighted by molar-refractivity contribution is -0.137. The zero-order valence-electron chi connectivity index (χ0n) is 16.0. The van der Waals surface area contributed by atoms with Crippen molar-refractivity contribution in [1.29, 1.82) is 5.26 Å². The number of hydrogen-bond donors (Lipinski definition) is 2. The minimum absolute atomic E-state index is 0.142. The molecule has 1 heterocycles. The summed E-state index contributed by atoms with van der Waals surface area (Å²) in [6.07, 6.45) is 10.7. The van der Waals surface area contributed by atoms with Crippen LogP contribution < -0.4 is 10.6 Å². The van der Waals surface area contributed by atoms with Crippen LogP contribution in [0.4, 0.5) is 5.69 Å². The van der Waals surface area contributed by atoms with Gasteiger partial charge >= 0.3 is 5.97 Å². The van der Waals surface area contributed by atoms with E-state index >= 15 is 0 Å². The van der Waals surface area contributed by atoms with Crippen molar-refractivity contribution in [2.24, 2.45) is 10.7 Å². The molecule has 7 nitrogen and oxygen atoms in total. The third-order valence-corrected chi connectivity index (χ3v) is 4.70. The van der Waals surface area contributed by atoms with Crippen molar-refractivity contribution in [2.45, 2.75) is 38.1 Å². The van der Waals surface area contributed by atoms with Gasteiger partial charge in [0.15, 0.2) is 0 Å². The van der Waals surface area contributed by atoms with Gasteiger partial charge in [0, 0.05) is 36.1 Å². The number of rotatable bonds is 8. The van der Waals surface area contributed by atoms with Gasteiger partial charge in [0.1, 0.15) is 0 Å². The number of anilines is 1. The highest BCUT2D eigenvalue weighted by Crippen LogP contribution is 2.33. The zero-order chi connectivity index (χ0) is 20.6. The number of pyridine rings is 1. The number of aromatic nitrogens is 1. The number of benzene rings is 1. The Balaban J connectivity index is 1.87. The van der Waals surface area contributed by atoms with Crippen molar-refractivity contribution in [3.63, 3.8) is 0 Å². The molecule has 29 heavy (non-hydrogen) atoms. The Labute approximate surface area is 169 Å². The highest BCUT2D eigenvalue weighted by molar-refractivity contribution is 5.96. The van der Waals surface area contributed by atoms with Gasteiger partial charge in [-0.1, -0.05) is 24.3 Å². The molecule has 0 bridgehead atoms. The van der Waals surface area contributed by atoms with Crippen LogP contribution in [0, 0.1) is 11.5 Å². The van der Waals surface area contributed by atoms with E-state index in [0.29, 0.717) is 12.8 Å². The van der Waals surface area contributed by atoms with E-state index in [-0.39, 0.29) is 18.4 Å². The van der Waals surface area contributed by atoms with E-state index in [2.05, 4.69) is 16.1 Å². The molecule has 1 aliphatic carbocycles. The number of carboxylic acids is 1. The topological polar surface area (TPSA) is 116 Å². The molecule has 3 rings (SSSR count). The number of nitrogens with zero attached hydrogens (tertiary/aromatic N) is 4. The smallest absolute Gasteiger partial charge is 0.303 e. The molecule has 148 valence electrons. The molecule has 1 aromatic carbocycles. The second kappa shape index (κ2) is 9.51. The van der Waals surface area contributed by atoms with Gasteiger partial charge in [-0.2, -0.15) is 5.26 Å². The predicted octanol–water partition coefficient (Wildman–Crippen LogP) is 3.53. The summed E-state index contributed by atoms with van der Waals surface area (Å²) < 4.78 is 0. The summed E-state index contributed by atoms with van der Waals surface area (Å²) in [5, 5.41) is 17.7. The summed E-state index contributed by atoms with van der Waals surface area (Å²) in [5.74, 6) is -0.582. The summed E-state index contributed by atoms with van der Waals surface area (Å²) in [4.78, 5) is 20.6. The highest BCUT2D eigenvalue weighted by atomic mass is 16.4. The maximum Gasteiger partial charge on any atom is 0.303 e. The fraction of sp³-hybridized carbons (Fsp3) is 0.273. The number of unbranched alkanes of at least 4 members (excludes halogenated alkanes) is 1. The zero-order valence-corrected chi connectivity index (χ0v) is 16.0. The summed E-state index contributed by atoms with van der Waals surface area (Å²) in [6, 6.07) is 12.1. The van der Waals surface area contributed by atoms with Crippen molar-refractivity contribution in [3.8, 4) is 6.19 Å². The molecular formula is C22H23N5O2. The van der Waals surface area contributed by atoms with Gasteiger partial charge in [-0.25, -0.2) is 0 Å². The normalized spacial score (nSPS) is 14.3. The summed E-state index contributed by atoms with van der Waals surface area (Å²) in [7, 11) is 0. The minimum Gasteiger partial charge on any atom is -0.481 e. The third-order valence-electron chi connectivity index (χ3n) is 4.70. The van der Waals surface area contributed by atoms with Crippen LogP contribution >= 0.6 is 0 Å². The summed E-state index contributed by atoms with van der Waals surface area (Å²) in [5.41, 5.74) is 9.86. The van der Waals surface area contributed by atoms with Gasteiger partial charge in [0.25, 0.3) is 0 Å². The monoisotopic (exact) mass is 389 g/mol. The minimum atomic E-state index is -0.789. The van der Waals surface area contributed by atoms with Gasteiger partial charge in [-0.05, 0) is 55.0 Å². The first-order chi connectivity index (χ1) is 14.1. The van der Waals surface area contributed by atoms with Crippen LogP contribution in [-0.2, 0) is 4.79 Å². The molecule has 0 amide bonds. The van der Waals surface area contributed by atoms with Crippen LogP contribution in [0.25, 0.3) is 5.57 Å². The van der Waals surface area contributed by atoms with Crippen LogP contribution in [0.3, 0.4) is 0 Å². The average Bonchev–Trinajstić information content (AvgIpc) is 3.55. The van der Waals surface area contributed by atoms with Gasteiger partial charge in [0.2, 0.25) is 12.2 Å². The molecule has 0 unspecified atom stereocenters. The first-order valence-electron chi connectivity index (χ1n) is 9.54. The number of hydrogen-bond acceptors (Lipinski definition) is 4. The summed E-state index contributed by atoms with van der Waals surface area (Å²) in [6.45, 7) is 0. The van der Waals surface area contributed by atoms with E-state index in [1.165, 1.54) is 0 Å². The van der Waals surface area contributed by atoms with Crippen LogP contribution in [-0.4, -0.2) is 28.1 Å². The van der Waals surface area contributed by atoms with E-state index in [4.69, 9.17) is 16.1 Å². The van der Waals surface area contributed by atoms with E-state index in [1.807, 2.05) is 41.3 Å². The van der Waals surface area contributed by atoms with Gasteiger partial charge in [-0.3, -0.25) is 9.78 Å². The van der Waals surface area contributed by atoms with E-state index in [0.717, 1.165) is 35.2 Å². The molecule has 1 saturated carbocycles. The molecule has 2 aromatic rings. The number of allylic oxidation sites excluding steroid dienone is 1. The Kier molecular flexibility index (Phi) is 6.59. The second-order valence-electron chi connectivity index (χ2n) is 6.86. The standard InChI is InChI=1S/C22H23N5O2/c23-15-26-22(24)27(19-11-12-19)18-9-7-16(8-10-18)20(5-1-2-6-21(28)29)17-4-3-13-25-14-17/h3-5,7-10,13-14,19H,1-2,6,11-12H2,(H2,24,26)(H,28,29)/b20-5+. The van der Waals surface area contributed by atoms with E-state index in [9.17, 15) is 4.79 Å². The third kappa shape index (κ3) is 5.42. The Morgan fingerprint density at radius 1 is 1.31 bits per heavy atom. The highest BCUT2D eigenvalue weighted by Gasteiger charge is 2.31. The molecule has 3 N–H and O–H groups in total. The van der Waals surface area contributed by atoms with Gasteiger partial charge in [0.05, 0.1) is 0 Å². The van der Waals surface area contributed by atoms with Crippen LogP contribution in [0.5, 0.6) is 0 Å². The number of nitrogens with two attached hydrogens (primary N) is 1. The molecule has 1 fully saturated rings. The lowest BCUT2D eigenvalue weighted by Crippen LogP contribution is -2.39. The fourth-order valence-electron chi connectivity index (χ4n) is 3.19. The number of nitriles is 1. The molecule has 0 spiro atoms. The Morgan fingerprint density at radius 2 is 2.07 bits per heavy atom. The van der Waals surface area contributed by atoms with Crippen molar-refractivity contribution in [3.05, 3.63) is 66.0 Å². The van der Waals surface area contributed by atoms with Crippen molar-refractivity contribution in [1.82, 2.24) is 4.98 Å². The molecule has 1 aromatic heterocycles. The lowest BCUT2D eigenvalue weighted by atomic mass is 9.97. The quantitative estimate of drug-likeness (QED) is 0.309. The first-order valence-corrected chi connectivity index (χ1v) is 9.54. The number of aliphatic imine (C=N–C) groups is 1. The molecule has 0 aliphatic heterocycles. The molecule has 7 heteroatoms. The number of carbonyl (C=O) groups is 1. The predicted molar refractivity (Wildman–Crippen MR) is 112 cm³/mol. The van der Waals surface area contributed by atoms with Crippen LogP contribution in [0.2, 0.25) is 0 Å². The summed E-state index contributed by atoms with van der Waals surface area (Å²) >= 11 is 0. The van der Waals surface area contributed by atoms with E-state index < -0.39 is 5.97 Å². The molecule has 0 radical (unpaired) electrons. The van der Waals surface area contributed by atoms with Gasteiger partial charge in [-0.15, -0.1) is 4.99 Å². The largest absolute Gasteiger partial charge is 0.481 e. The van der Waals surface area contributed by atoms with Crippen LogP contribution in [0.1, 0.15) is 43.2 Å². The fourth-order valence-corrected chi connectivity index (χ4v) is 3.19. The maximum atomic E-state index is 10.8. The first kappa shape index (κ1) is 20.1. The SMILES string of the molecule is N#CN=C(N)N(c1ccc(/C(=C\CCCC(=O)O)c2cccnc2)cc1)C1CC1.